The first-order valence-electron chi connectivity index (χ1n) is 9.49. The number of ether oxygens (including phenoxy) is 1. The van der Waals surface area contributed by atoms with Crippen molar-refractivity contribution in [1.82, 2.24) is 0 Å². The third kappa shape index (κ3) is 7.78. The van der Waals surface area contributed by atoms with Crippen molar-refractivity contribution < 1.29 is 18.7 Å². The number of hydrogen-bond donors (Lipinski definition) is 1. The van der Waals surface area contributed by atoms with Crippen LogP contribution in [0.3, 0.4) is 0 Å². The summed E-state index contributed by atoms with van der Waals surface area (Å²) in [6.45, 7) is 13.5. The van der Waals surface area contributed by atoms with E-state index in [4.69, 9.17) is 36.8 Å². The average molecular weight is 432 g/mol. The quantitative estimate of drug-likeness (QED) is 0.357. The summed E-state index contributed by atoms with van der Waals surface area (Å²) in [5.74, 6) is 0. The fourth-order valence-corrected chi connectivity index (χ4v) is 7.91. The van der Waals surface area contributed by atoms with Gasteiger partial charge in [-0.1, -0.05) is 51.1 Å². The Morgan fingerprint density at radius 3 is 2.08 bits per heavy atom. The third-order valence-electron chi connectivity index (χ3n) is 4.67. The highest BCUT2D eigenvalue weighted by atomic mass is 35.5. The van der Waals surface area contributed by atoms with Gasteiger partial charge in [0.1, 0.15) is 11.5 Å². The molecule has 0 aromatic rings. The molecule has 0 aliphatic carbocycles. The topological polar surface area (TPSA) is 47.9 Å². The van der Waals surface area contributed by atoms with E-state index < -0.39 is 39.5 Å². The van der Waals surface area contributed by atoms with Crippen LogP contribution >= 0.6 is 23.2 Å². The fraction of sp³-hybridized carbons (Fsp3) is 1.00. The van der Waals surface area contributed by atoms with Crippen LogP contribution in [0.2, 0.25) is 38.3 Å². The Kier molecular flexibility index (Phi) is 9.43. The molecular weight excluding hydrogens is 395 g/mol. The summed E-state index contributed by atoms with van der Waals surface area (Å²) in [4.78, 5) is 0. The summed E-state index contributed by atoms with van der Waals surface area (Å²) >= 11 is 12.5. The SMILES string of the molecule is CCCC[Si](C)(C)OC[C@H]1O[C@@](O)(Cl)[C@H](Cl)[C@@H]1O[Si](C)(C)CCCC. The van der Waals surface area contributed by atoms with Crippen molar-refractivity contribution in [2.45, 2.75) is 101 Å². The molecule has 0 radical (unpaired) electrons. The summed E-state index contributed by atoms with van der Waals surface area (Å²) in [5.41, 5.74) is 0. The predicted molar refractivity (Wildman–Crippen MR) is 111 cm³/mol. The van der Waals surface area contributed by atoms with Crippen molar-refractivity contribution in [2.24, 2.45) is 0 Å². The van der Waals surface area contributed by atoms with Gasteiger partial charge in [-0.05, 0) is 38.3 Å². The van der Waals surface area contributed by atoms with Gasteiger partial charge >= 0.3 is 0 Å². The summed E-state index contributed by atoms with van der Waals surface area (Å²) < 4.78 is 18.2. The molecule has 0 aromatic carbocycles. The lowest BCUT2D eigenvalue weighted by Gasteiger charge is -2.32. The molecule has 150 valence electrons. The largest absolute Gasteiger partial charge is 0.415 e. The van der Waals surface area contributed by atoms with Crippen LogP contribution in [0.5, 0.6) is 0 Å². The molecule has 1 aliphatic rings. The van der Waals surface area contributed by atoms with E-state index in [0.29, 0.717) is 6.61 Å². The van der Waals surface area contributed by atoms with Gasteiger partial charge in [0.25, 0.3) is 5.25 Å². The maximum atomic E-state index is 10.3. The van der Waals surface area contributed by atoms with Gasteiger partial charge in [0, 0.05) is 0 Å². The summed E-state index contributed by atoms with van der Waals surface area (Å²) in [6.07, 6.45) is 3.70. The lowest BCUT2D eigenvalue weighted by Crippen LogP contribution is -2.46. The van der Waals surface area contributed by atoms with E-state index in [1.54, 1.807) is 0 Å². The zero-order chi connectivity index (χ0) is 19.3. The Hall–Kier alpha value is 0.854. The molecule has 1 rings (SSSR count). The lowest BCUT2D eigenvalue weighted by molar-refractivity contribution is -0.136. The fourth-order valence-electron chi connectivity index (χ4n) is 3.01. The Morgan fingerprint density at radius 1 is 1.04 bits per heavy atom. The van der Waals surface area contributed by atoms with Gasteiger partial charge in [-0.25, -0.2) is 0 Å². The van der Waals surface area contributed by atoms with Crippen LogP contribution in [-0.4, -0.2) is 51.2 Å². The first-order valence-corrected chi connectivity index (χ1v) is 16.5. The second-order valence-electron chi connectivity index (χ2n) is 8.29. The van der Waals surface area contributed by atoms with Gasteiger partial charge in [-0.2, -0.15) is 0 Å². The first-order chi connectivity index (χ1) is 11.4. The zero-order valence-electron chi connectivity index (χ0n) is 16.6. The maximum absolute atomic E-state index is 10.3. The van der Waals surface area contributed by atoms with Crippen LogP contribution in [0.15, 0.2) is 0 Å². The van der Waals surface area contributed by atoms with E-state index in [1.165, 1.54) is 6.42 Å². The van der Waals surface area contributed by atoms with Crippen molar-refractivity contribution >= 4 is 39.8 Å². The van der Waals surface area contributed by atoms with Crippen LogP contribution in [0.25, 0.3) is 0 Å². The molecule has 0 saturated carbocycles. The standard InChI is InChI=1S/C17H36Cl2O4Si2/c1-7-9-11-24(3,4)21-13-14-15(16(18)17(19,20)22-14)23-25(5,6)12-10-8-2/h14-16,20H,7-13H2,1-6H3/t14-,15-,16-,17-/m1/s1. The van der Waals surface area contributed by atoms with Crippen molar-refractivity contribution in [3.05, 3.63) is 0 Å². The van der Waals surface area contributed by atoms with Crippen molar-refractivity contribution in [3.63, 3.8) is 0 Å². The van der Waals surface area contributed by atoms with Gasteiger partial charge < -0.3 is 18.7 Å². The van der Waals surface area contributed by atoms with Crippen LogP contribution in [0, 0.1) is 0 Å². The minimum absolute atomic E-state index is 0.365. The molecule has 0 bridgehead atoms. The normalized spacial score (nSPS) is 30.8. The van der Waals surface area contributed by atoms with Crippen molar-refractivity contribution in [1.29, 1.82) is 0 Å². The number of alkyl halides is 2. The van der Waals surface area contributed by atoms with Crippen molar-refractivity contribution in [3.8, 4) is 0 Å². The number of halogens is 2. The molecule has 1 aliphatic heterocycles. The second-order valence-corrected chi connectivity index (χ2v) is 17.9. The smallest absolute Gasteiger partial charge is 0.266 e. The molecular formula is C17H36Cl2O4Si2. The second kappa shape index (κ2) is 9.87. The summed E-state index contributed by atoms with van der Waals surface area (Å²) in [5, 5.41) is 7.54. The van der Waals surface area contributed by atoms with Gasteiger partial charge in [0.05, 0.1) is 12.7 Å². The molecule has 0 amide bonds. The highest BCUT2D eigenvalue weighted by Crippen LogP contribution is 2.40. The van der Waals surface area contributed by atoms with Crippen molar-refractivity contribution in [2.75, 3.05) is 6.61 Å². The first kappa shape index (κ1) is 23.9. The van der Waals surface area contributed by atoms with E-state index in [1.807, 2.05) is 0 Å². The molecule has 25 heavy (non-hydrogen) atoms. The Morgan fingerprint density at radius 2 is 1.56 bits per heavy atom. The van der Waals surface area contributed by atoms with Gasteiger partial charge in [-0.3, -0.25) is 0 Å². The van der Waals surface area contributed by atoms with E-state index >= 15 is 0 Å². The molecule has 1 heterocycles. The average Bonchev–Trinajstić information content (AvgIpc) is 2.72. The molecule has 1 N–H and O–H groups in total. The number of unbranched alkanes of at least 4 members (excludes halogenated alkanes) is 2. The Balaban J connectivity index is 2.74. The molecule has 4 nitrogen and oxygen atoms in total. The highest BCUT2D eigenvalue weighted by Gasteiger charge is 2.55. The van der Waals surface area contributed by atoms with Gasteiger partial charge in [0.15, 0.2) is 16.6 Å². The minimum Gasteiger partial charge on any atom is -0.415 e. The molecule has 1 fully saturated rings. The lowest BCUT2D eigenvalue weighted by atomic mass is 10.2. The predicted octanol–water partition coefficient (Wildman–Crippen LogP) is 5.29. The monoisotopic (exact) mass is 430 g/mol. The number of hydrogen-bond acceptors (Lipinski definition) is 4. The number of rotatable bonds is 11. The molecule has 0 unspecified atom stereocenters. The summed E-state index contributed by atoms with van der Waals surface area (Å²) in [7, 11) is -3.67. The van der Waals surface area contributed by atoms with E-state index in [2.05, 4.69) is 40.0 Å². The van der Waals surface area contributed by atoms with Crippen LogP contribution in [0.4, 0.5) is 0 Å². The molecule has 8 heteroatoms. The molecule has 4 atom stereocenters. The van der Waals surface area contributed by atoms with Gasteiger partial charge in [-0.15, -0.1) is 11.6 Å². The van der Waals surface area contributed by atoms with E-state index in [-0.39, 0.29) is 0 Å². The zero-order valence-corrected chi connectivity index (χ0v) is 20.1. The molecule has 0 aromatic heterocycles. The summed E-state index contributed by atoms with van der Waals surface area (Å²) in [6, 6.07) is 2.16. The molecule has 0 spiro atoms. The third-order valence-corrected chi connectivity index (χ3v) is 10.6. The van der Waals surface area contributed by atoms with E-state index in [0.717, 1.165) is 31.4 Å². The van der Waals surface area contributed by atoms with Gasteiger partial charge in [0.2, 0.25) is 0 Å². The Bertz CT molecular complexity index is 408. The van der Waals surface area contributed by atoms with Crippen LogP contribution in [0.1, 0.15) is 39.5 Å². The van der Waals surface area contributed by atoms with E-state index in [9.17, 15) is 5.11 Å². The minimum atomic E-state index is -1.91. The number of aliphatic hydroxyl groups is 1. The maximum Gasteiger partial charge on any atom is 0.266 e. The van der Waals surface area contributed by atoms with Crippen LogP contribution < -0.4 is 0 Å². The highest BCUT2D eigenvalue weighted by molar-refractivity contribution is 6.71. The molecule has 1 saturated heterocycles. The van der Waals surface area contributed by atoms with Crippen LogP contribution in [-0.2, 0) is 13.6 Å². The Labute approximate surface area is 165 Å².